The van der Waals surface area contributed by atoms with Crippen LogP contribution in [0.1, 0.15) is 36.7 Å². The maximum Gasteiger partial charge on any atom is 0.418 e. The van der Waals surface area contributed by atoms with Crippen molar-refractivity contribution in [3.05, 3.63) is 71.8 Å². The van der Waals surface area contributed by atoms with Crippen molar-refractivity contribution in [2.45, 2.75) is 32.5 Å². The molecule has 170 valence electrons. The van der Waals surface area contributed by atoms with Crippen LogP contribution in [0.4, 0.5) is 24.7 Å². The van der Waals surface area contributed by atoms with E-state index in [0.29, 0.717) is 28.6 Å². The number of nitrogens with zero attached hydrogens (tertiary/aromatic N) is 4. The van der Waals surface area contributed by atoms with Gasteiger partial charge in [0.1, 0.15) is 12.1 Å². The average Bonchev–Trinajstić information content (AvgIpc) is 2.79. The highest BCUT2D eigenvalue weighted by Crippen LogP contribution is 2.36. The van der Waals surface area contributed by atoms with Crippen LogP contribution < -0.4 is 5.32 Å². The van der Waals surface area contributed by atoms with E-state index < -0.39 is 11.7 Å². The van der Waals surface area contributed by atoms with Crippen LogP contribution in [0.5, 0.6) is 0 Å². The SMILES string of the molecule is COCc1nc(Nc2ccc(C(C)C)cc2)c2ncc(-c3ncccc3C(F)(F)F)cc2n1. The minimum Gasteiger partial charge on any atom is -0.377 e. The number of ether oxygens (including phenoxy) is 1. The topological polar surface area (TPSA) is 72.8 Å². The Kier molecular flexibility index (Phi) is 6.24. The second-order valence-electron chi connectivity index (χ2n) is 7.81. The van der Waals surface area contributed by atoms with E-state index in [1.807, 2.05) is 24.3 Å². The number of hydrogen-bond donors (Lipinski definition) is 1. The van der Waals surface area contributed by atoms with Crippen molar-refractivity contribution in [2.24, 2.45) is 0 Å². The fourth-order valence-corrected chi connectivity index (χ4v) is 3.43. The molecule has 4 rings (SSSR count). The minimum absolute atomic E-state index is 0.137. The van der Waals surface area contributed by atoms with E-state index in [2.05, 4.69) is 39.1 Å². The van der Waals surface area contributed by atoms with Gasteiger partial charge >= 0.3 is 6.18 Å². The average molecular weight is 453 g/mol. The first-order chi connectivity index (χ1) is 15.8. The fraction of sp³-hybridized carbons (Fsp3) is 0.250. The van der Waals surface area contributed by atoms with Crippen molar-refractivity contribution in [3.63, 3.8) is 0 Å². The lowest BCUT2D eigenvalue weighted by Crippen LogP contribution is -2.08. The molecule has 1 aromatic carbocycles. The molecule has 0 amide bonds. The number of methoxy groups -OCH3 is 1. The molecule has 0 fully saturated rings. The molecule has 0 spiro atoms. The molecule has 9 heteroatoms. The van der Waals surface area contributed by atoms with Crippen molar-refractivity contribution >= 4 is 22.5 Å². The second kappa shape index (κ2) is 9.11. The quantitative estimate of drug-likeness (QED) is 0.379. The van der Waals surface area contributed by atoms with Crippen molar-refractivity contribution in [3.8, 4) is 11.3 Å². The van der Waals surface area contributed by atoms with Crippen LogP contribution in [0.15, 0.2) is 54.9 Å². The molecule has 0 unspecified atom stereocenters. The Morgan fingerprint density at radius 3 is 2.45 bits per heavy atom. The van der Waals surface area contributed by atoms with Crippen LogP contribution >= 0.6 is 0 Å². The molecule has 0 aliphatic carbocycles. The summed E-state index contributed by atoms with van der Waals surface area (Å²) in [5, 5.41) is 3.24. The third kappa shape index (κ3) is 4.93. The number of pyridine rings is 2. The molecule has 0 saturated carbocycles. The van der Waals surface area contributed by atoms with Crippen molar-refractivity contribution in [2.75, 3.05) is 12.4 Å². The smallest absolute Gasteiger partial charge is 0.377 e. The molecular weight excluding hydrogens is 431 g/mol. The van der Waals surface area contributed by atoms with Gasteiger partial charge in [0.25, 0.3) is 0 Å². The van der Waals surface area contributed by atoms with Gasteiger partial charge in [-0.15, -0.1) is 0 Å². The van der Waals surface area contributed by atoms with Gasteiger partial charge in [-0.3, -0.25) is 4.98 Å². The molecule has 0 atom stereocenters. The molecule has 0 aliphatic rings. The van der Waals surface area contributed by atoms with Crippen molar-refractivity contribution < 1.29 is 17.9 Å². The number of anilines is 2. The van der Waals surface area contributed by atoms with Gasteiger partial charge in [0.15, 0.2) is 11.6 Å². The Balaban J connectivity index is 1.79. The number of rotatable bonds is 6. The first-order valence-electron chi connectivity index (χ1n) is 10.3. The van der Waals surface area contributed by atoms with Gasteiger partial charge in [-0.25, -0.2) is 15.0 Å². The highest BCUT2D eigenvalue weighted by atomic mass is 19.4. The summed E-state index contributed by atoms with van der Waals surface area (Å²) >= 11 is 0. The van der Waals surface area contributed by atoms with E-state index in [1.54, 1.807) is 0 Å². The monoisotopic (exact) mass is 453 g/mol. The highest BCUT2D eigenvalue weighted by Gasteiger charge is 2.34. The minimum atomic E-state index is -4.54. The Morgan fingerprint density at radius 1 is 1.03 bits per heavy atom. The maximum absolute atomic E-state index is 13.5. The Bertz CT molecular complexity index is 1270. The fourth-order valence-electron chi connectivity index (χ4n) is 3.43. The van der Waals surface area contributed by atoms with Crippen molar-refractivity contribution in [1.29, 1.82) is 0 Å². The van der Waals surface area contributed by atoms with Crippen LogP contribution in [-0.4, -0.2) is 27.0 Å². The normalized spacial score (nSPS) is 11.8. The summed E-state index contributed by atoms with van der Waals surface area (Å²) in [5.74, 6) is 1.22. The number of fused-ring (bicyclic) bond motifs is 1. The van der Waals surface area contributed by atoms with E-state index in [0.717, 1.165) is 11.8 Å². The van der Waals surface area contributed by atoms with Crippen LogP contribution in [0.25, 0.3) is 22.3 Å². The summed E-state index contributed by atoms with van der Waals surface area (Å²) < 4.78 is 45.6. The molecule has 1 N–H and O–H groups in total. The molecule has 0 aliphatic heterocycles. The van der Waals surface area contributed by atoms with Gasteiger partial charge in [-0.05, 0) is 41.8 Å². The Labute approximate surface area is 188 Å². The van der Waals surface area contributed by atoms with Crippen LogP contribution in [0.3, 0.4) is 0 Å². The number of aromatic nitrogens is 4. The number of nitrogens with one attached hydrogen (secondary N) is 1. The first-order valence-corrected chi connectivity index (χ1v) is 10.3. The predicted octanol–water partition coefficient (Wildman–Crippen LogP) is 6.12. The number of alkyl halides is 3. The third-order valence-electron chi connectivity index (χ3n) is 5.08. The highest BCUT2D eigenvalue weighted by molar-refractivity contribution is 5.89. The number of hydrogen-bond acceptors (Lipinski definition) is 6. The van der Waals surface area contributed by atoms with Crippen molar-refractivity contribution in [1.82, 2.24) is 19.9 Å². The largest absolute Gasteiger partial charge is 0.418 e. The summed E-state index contributed by atoms with van der Waals surface area (Å²) in [7, 11) is 1.52. The lowest BCUT2D eigenvalue weighted by Gasteiger charge is -2.14. The number of benzene rings is 1. The van der Waals surface area contributed by atoms with E-state index in [1.165, 1.54) is 37.2 Å². The van der Waals surface area contributed by atoms with E-state index in [4.69, 9.17) is 4.74 Å². The van der Waals surface area contributed by atoms with Crippen LogP contribution in [0.2, 0.25) is 0 Å². The summed E-state index contributed by atoms with van der Waals surface area (Å²) in [6, 6.07) is 11.7. The zero-order valence-corrected chi connectivity index (χ0v) is 18.3. The van der Waals surface area contributed by atoms with Crippen LogP contribution in [-0.2, 0) is 17.5 Å². The van der Waals surface area contributed by atoms with E-state index in [9.17, 15) is 13.2 Å². The summed E-state index contributed by atoms with van der Waals surface area (Å²) in [6.45, 7) is 4.37. The molecule has 0 saturated heterocycles. The number of halogens is 3. The zero-order chi connectivity index (χ0) is 23.6. The second-order valence-corrected chi connectivity index (χ2v) is 7.81. The molecule has 4 aromatic rings. The lowest BCUT2D eigenvalue weighted by atomic mass is 10.0. The summed E-state index contributed by atoms with van der Waals surface area (Å²) in [4.78, 5) is 17.3. The van der Waals surface area contributed by atoms with Gasteiger partial charge in [0.05, 0.1) is 16.8 Å². The molecular formula is C24H22F3N5O. The van der Waals surface area contributed by atoms with Gasteiger partial charge < -0.3 is 10.1 Å². The third-order valence-corrected chi connectivity index (χ3v) is 5.08. The molecule has 3 heterocycles. The lowest BCUT2D eigenvalue weighted by molar-refractivity contribution is -0.137. The maximum atomic E-state index is 13.5. The van der Waals surface area contributed by atoms with Gasteiger partial charge in [0, 0.05) is 30.8 Å². The molecule has 33 heavy (non-hydrogen) atoms. The molecule has 3 aromatic heterocycles. The standard InChI is InChI=1S/C24H22F3N5O/c1-14(2)15-6-8-17(9-7-15)30-23-22-19(31-20(32-23)13-33-3)11-16(12-29-22)21-18(24(25,26)27)5-4-10-28-21/h4-12,14H,13H2,1-3H3,(H,30,31,32). The van der Waals surface area contributed by atoms with E-state index in [-0.39, 0.29) is 17.9 Å². The van der Waals surface area contributed by atoms with E-state index >= 15 is 0 Å². The molecule has 0 radical (unpaired) electrons. The van der Waals surface area contributed by atoms with Gasteiger partial charge in [-0.1, -0.05) is 26.0 Å². The zero-order valence-electron chi connectivity index (χ0n) is 18.3. The molecule has 0 bridgehead atoms. The first kappa shape index (κ1) is 22.6. The summed E-state index contributed by atoms with van der Waals surface area (Å²) in [5.41, 5.74) is 1.99. The Morgan fingerprint density at radius 2 is 1.79 bits per heavy atom. The summed E-state index contributed by atoms with van der Waals surface area (Å²) in [6.07, 6.45) is -1.87. The van der Waals surface area contributed by atoms with Crippen LogP contribution in [0, 0.1) is 0 Å². The Hall–Kier alpha value is -3.59. The van der Waals surface area contributed by atoms with Gasteiger partial charge in [-0.2, -0.15) is 13.2 Å². The van der Waals surface area contributed by atoms with Gasteiger partial charge in [0.2, 0.25) is 0 Å². The predicted molar refractivity (Wildman–Crippen MR) is 120 cm³/mol. The molecule has 6 nitrogen and oxygen atoms in total.